The number of carbonyl (C=O) groups excluding carboxylic acids is 2. The Hall–Kier alpha value is -1.26. The molecule has 1 aromatic carbocycles. The largest absolute Gasteiger partial charge is 0.350 e. The molecule has 0 saturated heterocycles. The molecule has 0 aliphatic heterocycles. The van der Waals surface area contributed by atoms with Crippen LogP contribution in [0, 0.1) is 0 Å². The van der Waals surface area contributed by atoms with Crippen LogP contribution in [0.15, 0.2) is 18.2 Å². The molecule has 24 heavy (non-hydrogen) atoms. The van der Waals surface area contributed by atoms with E-state index in [9.17, 15) is 9.59 Å². The summed E-state index contributed by atoms with van der Waals surface area (Å²) in [5.74, 6) is -0.242. The molecular formula is C18H26Cl2N2O2. The molecule has 0 aromatic heterocycles. The second kappa shape index (κ2) is 8.72. The van der Waals surface area contributed by atoms with Crippen LogP contribution in [0.4, 0.5) is 0 Å². The second-order valence-corrected chi connectivity index (χ2v) is 7.62. The Morgan fingerprint density at radius 1 is 1.21 bits per heavy atom. The van der Waals surface area contributed by atoms with Crippen molar-refractivity contribution in [2.45, 2.75) is 65.6 Å². The lowest BCUT2D eigenvalue weighted by Gasteiger charge is -2.33. The van der Waals surface area contributed by atoms with Crippen molar-refractivity contribution in [3.8, 4) is 0 Å². The molecule has 1 aromatic rings. The fourth-order valence-electron chi connectivity index (χ4n) is 2.41. The van der Waals surface area contributed by atoms with Crippen LogP contribution in [-0.2, 0) is 16.1 Å². The number of halogens is 2. The first kappa shape index (κ1) is 20.8. The minimum absolute atomic E-state index is 0.0862. The van der Waals surface area contributed by atoms with Crippen molar-refractivity contribution < 1.29 is 9.59 Å². The number of benzene rings is 1. The predicted octanol–water partition coefficient (Wildman–Crippen LogP) is 4.43. The van der Waals surface area contributed by atoms with Crippen LogP contribution in [-0.4, -0.2) is 28.3 Å². The van der Waals surface area contributed by atoms with Gasteiger partial charge in [0.1, 0.15) is 6.04 Å². The quantitative estimate of drug-likeness (QED) is 0.802. The number of hydrogen-bond acceptors (Lipinski definition) is 2. The zero-order valence-corrected chi connectivity index (χ0v) is 16.5. The third kappa shape index (κ3) is 5.99. The topological polar surface area (TPSA) is 49.4 Å². The van der Waals surface area contributed by atoms with Gasteiger partial charge in [-0.25, -0.2) is 0 Å². The highest BCUT2D eigenvalue weighted by Gasteiger charge is 2.30. The third-order valence-electron chi connectivity index (χ3n) is 3.54. The van der Waals surface area contributed by atoms with E-state index in [0.717, 1.165) is 5.56 Å². The SMILES string of the molecule is CCC(=O)N(Cc1ccc(Cl)cc1Cl)[C@@H](CC)C(=O)NC(C)(C)C. The number of nitrogens with one attached hydrogen (secondary N) is 1. The molecule has 1 N–H and O–H groups in total. The van der Waals surface area contributed by atoms with Gasteiger partial charge in [0.05, 0.1) is 0 Å². The molecular weight excluding hydrogens is 347 g/mol. The van der Waals surface area contributed by atoms with Gasteiger partial charge in [0.15, 0.2) is 0 Å². The summed E-state index contributed by atoms with van der Waals surface area (Å²) in [6, 6.07) is 4.62. The zero-order chi connectivity index (χ0) is 18.5. The Morgan fingerprint density at radius 2 is 1.83 bits per heavy atom. The normalized spacial score (nSPS) is 12.6. The Balaban J connectivity index is 3.10. The van der Waals surface area contributed by atoms with Crippen LogP contribution in [0.1, 0.15) is 53.0 Å². The predicted molar refractivity (Wildman–Crippen MR) is 99.3 cm³/mol. The fourth-order valence-corrected chi connectivity index (χ4v) is 2.88. The number of hydrogen-bond donors (Lipinski definition) is 1. The lowest BCUT2D eigenvalue weighted by molar-refractivity contribution is -0.141. The molecule has 0 heterocycles. The molecule has 0 aliphatic rings. The van der Waals surface area contributed by atoms with Gasteiger partial charge in [-0.05, 0) is 44.9 Å². The molecule has 2 amide bonds. The van der Waals surface area contributed by atoms with E-state index < -0.39 is 6.04 Å². The van der Waals surface area contributed by atoms with E-state index in [1.165, 1.54) is 0 Å². The second-order valence-electron chi connectivity index (χ2n) is 6.77. The number of nitrogens with zero attached hydrogens (tertiary/aromatic N) is 1. The average molecular weight is 373 g/mol. The van der Waals surface area contributed by atoms with Crippen molar-refractivity contribution in [1.82, 2.24) is 10.2 Å². The molecule has 4 nitrogen and oxygen atoms in total. The van der Waals surface area contributed by atoms with Crippen LogP contribution in [0.2, 0.25) is 10.0 Å². The van der Waals surface area contributed by atoms with Gasteiger partial charge in [-0.15, -0.1) is 0 Å². The summed E-state index contributed by atoms with van der Waals surface area (Å²) < 4.78 is 0. The number of carbonyl (C=O) groups is 2. The summed E-state index contributed by atoms with van der Waals surface area (Å²) in [5.41, 5.74) is 0.411. The third-order valence-corrected chi connectivity index (χ3v) is 4.13. The molecule has 0 fully saturated rings. The fraction of sp³-hybridized carbons (Fsp3) is 0.556. The molecule has 0 saturated carbocycles. The monoisotopic (exact) mass is 372 g/mol. The highest BCUT2D eigenvalue weighted by atomic mass is 35.5. The van der Waals surface area contributed by atoms with Gasteiger partial charge in [-0.3, -0.25) is 9.59 Å². The maximum Gasteiger partial charge on any atom is 0.243 e. The number of rotatable bonds is 6. The zero-order valence-electron chi connectivity index (χ0n) is 15.0. The van der Waals surface area contributed by atoms with Crippen molar-refractivity contribution in [2.24, 2.45) is 0 Å². The van der Waals surface area contributed by atoms with Gasteiger partial charge < -0.3 is 10.2 Å². The van der Waals surface area contributed by atoms with Gasteiger partial charge in [0.25, 0.3) is 0 Å². The van der Waals surface area contributed by atoms with Crippen LogP contribution in [0.3, 0.4) is 0 Å². The molecule has 0 aliphatic carbocycles. The Bertz CT molecular complexity index is 597. The summed E-state index contributed by atoms with van der Waals surface area (Å²) in [4.78, 5) is 26.7. The van der Waals surface area contributed by atoms with Gasteiger partial charge >= 0.3 is 0 Å². The number of amides is 2. The van der Waals surface area contributed by atoms with Crippen molar-refractivity contribution in [1.29, 1.82) is 0 Å². The first-order chi connectivity index (χ1) is 11.1. The summed E-state index contributed by atoms with van der Waals surface area (Å²) in [5, 5.41) is 3.98. The first-order valence-electron chi connectivity index (χ1n) is 8.14. The van der Waals surface area contributed by atoms with Crippen molar-refractivity contribution in [3.63, 3.8) is 0 Å². The van der Waals surface area contributed by atoms with E-state index >= 15 is 0 Å². The lowest BCUT2D eigenvalue weighted by Crippen LogP contribution is -2.53. The Kier molecular flexibility index (Phi) is 7.56. The molecule has 0 bridgehead atoms. The standard InChI is InChI=1S/C18H26Cl2N2O2/c1-6-15(17(24)21-18(3,4)5)22(16(23)7-2)11-12-8-9-13(19)10-14(12)20/h8-10,15H,6-7,11H2,1-5H3,(H,21,24)/t15-/m0/s1. The van der Waals surface area contributed by atoms with Gasteiger partial charge in [-0.1, -0.05) is 43.1 Å². The summed E-state index contributed by atoms with van der Waals surface area (Å²) >= 11 is 12.2. The van der Waals surface area contributed by atoms with Gasteiger partial charge in [0.2, 0.25) is 11.8 Å². The molecule has 0 radical (unpaired) electrons. The van der Waals surface area contributed by atoms with E-state index in [4.69, 9.17) is 23.2 Å². The van der Waals surface area contributed by atoms with Crippen molar-refractivity contribution >= 4 is 35.0 Å². The highest BCUT2D eigenvalue weighted by molar-refractivity contribution is 6.35. The molecule has 1 atom stereocenters. The summed E-state index contributed by atoms with van der Waals surface area (Å²) in [6.45, 7) is 9.71. The van der Waals surface area contributed by atoms with E-state index in [-0.39, 0.29) is 23.9 Å². The van der Waals surface area contributed by atoms with Crippen molar-refractivity contribution in [2.75, 3.05) is 0 Å². The molecule has 0 spiro atoms. The summed E-state index contributed by atoms with van der Waals surface area (Å²) in [6.07, 6.45) is 0.851. The summed E-state index contributed by atoms with van der Waals surface area (Å²) in [7, 11) is 0. The lowest BCUT2D eigenvalue weighted by atomic mass is 10.1. The Labute approximate surface area is 154 Å². The maximum absolute atomic E-state index is 12.6. The minimum atomic E-state index is -0.539. The first-order valence-corrected chi connectivity index (χ1v) is 8.90. The smallest absolute Gasteiger partial charge is 0.243 e. The van der Waals surface area contributed by atoms with Crippen LogP contribution < -0.4 is 5.32 Å². The molecule has 6 heteroatoms. The van der Waals surface area contributed by atoms with E-state index in [1.807, 2.05) is 27.7 Å². The van der Waals surface area contributed by atoms with Crippen LogP contribution in [0.5, 0.6) is 0 Å². The molecule has 0 unspecified atom stereocenters. The molecule has 134 valence electrons. The minimum Gasteiger partial charge on any atom is -0.350 e. The average Bonchev–Trinajstić information content (AvgIpc) is 2.46. The van der Waals surface area contributed by atoms with Gasteiger partial charge in [0, 0.05) is 28.5 Å². The highest BCUT2D eigenvalue weighted by Crippen LogP contribution is 2.24. The Morgan fingerprint density at radius 3 is 2.29 bits per heavy atom. The maximum atomic E-state index is 12.6. The van der Waals surface area contributed by atoms with Crippen LogP contribution >= 0.6 is 23.2 Å². The molecule has 1 rings (SSSR count). The van der Waals surface area contributed by atoms with E-state index in [0.29, 0.717) is 22.9 Å². The van der Waals surface area contributed by atoms with Gasteiger partial charge in [-0.2, -0.15) is 0 Å². The van der Waals surface area contributed by atoms with Crippen molar-refractivity contribution in [3.05, 3.63) is 33.8 Å². The van der Waals surface area contributed by atoms with Crippen LogP contribution in [0.25, 0.3) is 0 Å². The van der Waals surface area contributed by atoms with E-state index in [1.54, 1.807) is 30.0 Å². The van der Waals surface area contributed by atoms with E-state index in [2.05, 4.69) is 5.32 Å².